The zero-order valence-electron chi connectivity index (χ0n) is 11.0. The minimum Gasteiger partial charge on any atom is -0.478 e. The number of nitrogens with zero attached hydrogens (tertiary/aromatic N) is 2. The zero-order chi connectivity index (χ0) is 15.1. The third-order valence-corrected chi connectivity index (χ3v) is 3.79. The van der Waals surface area contributed by atoms with Crippen LogP contribution in [0.1, 0.15) is 10.4 Å². The minimum absolute atomic E-state index is 0.155. The second-order valence-electron chi connectivity index (χ2n) is 4.63. The summed E-state index contributed by atoms with van der Waals surface area (Å²) < 4.78 is 16.5. The summed E-state index contributed by atoms with van der Waals surface area (Å²) in [6.45, 7) is 0. The molecule has 0 aliphatic rings. The Labute approximate surface area is 128 Å². The van der Waals surface area contributed by atoms with Crippen molar-refractivity contribution in [2.45, 2.75) is 0 Å². The van der Waals surface area contributed by atoms with E-state index in [-0.39, 0.29) is 11.4 Å². The Kier molecular flexibility index (Phi) is 3.25. The summed E-state index contributed by atoms with van der Waals surface area (Å²) in [6.07, 6.45) is 0. The average molecular weight is 349 g/mol. The monoisotopic (exact) mass is 348 g/mol. The fourth-order valence-corrected chi connectivity index (χ4v) is 2.60. The Morgan fingerprint density at radius 2 is 2.05 bits per heavy atom. The summed E-state index contributed by atoms with van der Waals surface area (Å²) in [6, 6.07) is 9.29. The van der Waals surface area contributed by atoms with Crippen LogP contribution in [0.25, 0.3) is 22.4 Å². The van der Waals surface area contributed by atoms with Crippen molar-refractivity contribution in [3.05, 3.63) is 52.3 Å². The van der Waals surface area contributed by atoms with Crippen molar-refractivity contribution in [3.63, 3.8) is 0 Å². The molecule has 0 amide bonds. The lowest BCUT2D eigenvalue weighted by atomic mass is 10.2. The van der Waals surface area contributed by atoms with Crippen molar-refractivity contribution in [2.24, 2.45) is 7.05 Å². The molecular formula is C15H10BrFN2O2. The van der Waals surface area contributed by atoms with Gasteiger partial charge in [-0.15, -0.1) is 0 Å². The summed E-state index contributed by atoms with van der Waals surface area (Å²) in [7, 11) is 1.77. The predicted octanol–water partition coefficient (Wildman–Crippen LogP) is 3.84. The second-order valence-corrected chi connectivity index (χ2v) is 5.54. The normalized spacial score (nSPS) is 11.0. The van der Waals surface area contributed by atoms with Gasteiger partial charge in [0.15, 0.2) is 0 Å². The molecule has 0 spiro atoms. The van der Waals surface area contributed by atoms with E-state index in [2.05, 4.69) is 20.9 Å². The molecule has 1 heterocycles. The number of halogens is 2. The molecule has 1 aromatic heterocycles. The molecule has 0 unspecified atom stereocenters. The Hall–Kier alpha value is -2.21. The number of aromatic carboxylic acids is 1. The van der Waals surface area contributed by atoms with E-state index in [0.29, 0.717) is 16.9 Å². The van der Waals surface area contributed by atoms with E-state index in [1.807, 2.05) is 0 Å². The number of fused-ring (bicyclic) bond motifs is 1. The first-order chi connectivity index (χ1) is 9.97. The molecule has 0 aliphatic heterocycles. The Morgan fingerprint density at radius 3 is 2.76 bits per heavy atom. The number of hydrogen-bond donors (Lipinski definition) is 1. The van der Waals surface area contributed by atoms with Gasteiger partial charge in [-0.1, -0.05) is 15.9 Å². The second kappa shape index (κ2) is 4.96. The number of rotatable bonds is 2. The molecule has 21 heavy (non-hydrogen) atoms. The standard InChI is InChI=1S/C15H10BrFN2O2/c1-19-13-5-2-8(15(20)21)6-12(13)18-14(19)10-7-9(16)3-4-11(10)17/h2-7H,1H3,(H,20,21). The molecule has 0 atom stereocenters. The van der Waals surface area contributed by atoms with E-state index in [1.54, 1.807) is 29.8 Å². The number of aryl methyl sites for hydroxylation is 1. The first kappa shape index (κ1) is 13.8. The lowest BCUT2D eigenvalue weighted by Crippen LogP contribution is -1.96. The van der Waals surface area contributed by atoms with E-state index in [0.717, 1.165) is 9.99 Å². The molecule has 0 bridgehead atoms. The third-order valence-electron chi connectivity index (χ3n) is 3.30. The molecule has 3 aromatic rings. The highest BCUT2D eigenvalue weighted by Crippen LogP contribution is 2.28. The van der Waals surface area contributed by atoms with Crippen LogP contribution >= 0.6 is 15.9 Å². The fraction of sp³-hybridized carbons (Fsp3) is 0.0667. The van der Waals surface area contributed by atoms with Crippen molar-refractivity contribution in [1.82, 2.24) is 9.55 Å². The molecule has 0 saturated heterocycles. The predicted molar refractivity (Wildman–Crippen MR) is 80.8 cm³/mol. The molecule has 106 valence electrons. The molecule has 6 heteroatoms. The van der Waals surface area contributed by atoms with Gasteiger partial charge >= 0.3 is 5.97 Å². The average Bonchev–Trinajstić information content (AvgIpc) is 2.78. The summed E-state index contributed by atoms with van der Waals surface area (Å²) in [5, 5.41) is 9.02. The smallest absolute Gasteiger partial charge is 0.335 e. The summed E-state index contributed by atoms with van der Waals surface area (Å²) in [5.74, 6) is -0.945. The molecule has 0 fully saturated rings. The molecule has 0 radical (unpaired) electrons. The summed E-state index contributed by atoms with van der Waals surface area (Å²) >= 11 is 3.31. The van der Waals surface area contributed by atoms with E-state index < -0.39 is 5.97 Å². The first-order valence-corrected chi connectivity index (χ1v) is 6.92. The van der Waals surface area contributed by atoms with E-state index >= 15 is 0 Å². The lowest BCUT2D eigenvalue weighted by molar-refractivity contribution is 0.0697. The number of carboxylic acids is 1. The Morgan fingerprint density at radius 1 is 1.29 bits per heavy atom. The van der Waals surface area contributed by atoms with Gasteiger partial charge in [-0.3, -0.25) is 0 Å². The van der Waals surface area contributed by atoms with Crippen molar-refractivity contribution < 1.29 is 14.3 Å². The van der Waals surface area contributed by atoms with Crippen LogP contribution in [0.15, 0.2) is 40.9 Å². The first-order valence-electron chi connectivity index (χ1n) is 6.12. The molecule has 0 saturated carbocycles. The number of aromatic nitrogens is 2. The van der Waals surface area contributed by atoms with Crippen molar-refractivity contribution in [2.75, 3.05) is 0 Å². The van der Waals surface area contributed by atoms with Gasteiger partial charge in [-0.25, -0.2) is 14.2 Å². The largest absolute Gasteiger partial charge is 0.478 e. The molecule has 0 aliphatic carbocycles. The van der Waals surface area contributed by atoms with E-state index in [1.165, 1.54) is 18.2 Å². The van der Waals surface area contributed by atoms with Crippen molar-refractivity contribution >= 4 is 32.9 Å². The summed E-state index contributed by atoms with van der Waals surface area (Å²) in [5.41, 5.74) is 1.78. The van der Waals surface area contributed by atoms with Gasteiger partial charge in [0.25, 0.3) is 0 Å². The van der Waals surface area contributed by atoms with Crippen LogP contribution in [0, 0.1) is 5.82 Å². The molecule has 4 nitrogen and oxygen atoms in total. The SMILES string of the molecule is Cn1c(-c2cc(Br)ccc2F)nc2cc(C(=O)O)ccc21. The van der Waals surface area contributed by atoms with Gasteiger partial charge in [0.2, 0.25) is 0 Å². The topological polar surface area (TPSA) is 55.1 Å². The molecular weight excluding hydrogens is 339 g/mol. The number of imidazole rings is 1. The third kappa shape index (κ3) is 2.31. The van der Waals surface area contributed by atoms with Crippen molar-refractivity contribution in [3.8, 4) is 11.4 Å². The highest BCUT2D eigenvalue weighted by Gasteiger charge is 2.15. The van der Waals surface area contributed by atoms with Gasteiger partial charge in [0.05, 0.1) is 22.2 Å². The van der Waals surface area contributed by atoms with Crippen LogP contribution in [0.2, 0.25) is 0 Å². The van der Waals surface area contributed by atoms with Gasteiger partial charge in [-0.05, 0) is 36.4 Å². The van der Waals surface area contributed by atoms with Gasteiger partial charge in [0, 0.05) is 11.5 Å². The minimum atomic E-state index is -1.02. The van der Waals surface area contributed by atoms with Gasteiger partial charge < -0.3 is 9.67 Å². The maximum atomic E-state index is 14.0. The number of benzene rings is 2. The van der Waals surface area contributed by atoms with Crippen LogP contribution < -0.4 is 0 Å². The fourth-order valence-electron chi connectivity index (χ4n) is 2.24. The zero-order valence-corrected chi connectivity index (χ0v) is 12.6. The molecule has 1 N–H and O–H groups in total. The van der Waals surface area contributed by atoms with Gasteiger partial charge in [-0.2, -0.15) is 0 Å². The maximum absolute atomic E-state index is 14.0. The Balaban J connectivity index is 2.26. The van der Waals surface area contributed by atoms with Crippen LogP contribution in [-0.4, -0.2) is 20.6 Å². The van der Waals surface area contributed by atoms with E-state index in [9.17, 15) is 9.18 Å². The quantitative estimate of drug-likeness (QED) is 0.765. The van der Waals surface area contributed by atoms with Crippen LogP contribution in [-0.2, 0) is 7.05 Å². The van der Waals surface area contributed by atoms with Crippen LogP contribution in [0.4, 0.5) is 4.39 Å². The number of hydrogen-bond acceptors (Lipinski definition) is 2. The van der Waals surface area contributed by atoms with E-state index in [4.69, 9.17) is 5.11 Å². The number of carboxylic acid groups (broad SMARTS) is 1. The highest BCUT2D eigenvalue weighted by molar-refractivity contribution is 9.10. The molecule has 3 rings (SSSR count). The molecule has 2 aromatic carbocycles. The summed E-state index contributed by atoms with van der Waals surface area (Å²) in [4.78, 5) is 15.4. The van der Waals surface area contributed by atoms with Crippen LogP contribution in [0.5, 0.6) is 0 Å². The number of carbonyl (C=O) groups is 1. The van der Waals surface area contributed by atoms with Crippen LogP contribution in [0.3, 0.4) is 0 Å². The Bertz CT molecular complexity index is 873. The maximum Gasteiger partial charge on any atom is 0.335 e. The van der Waals surface area contributed by atoms with Crippen molar-refractivity contribution in [1.29, 1.82) is 0 Å². The highest BCUT2D eigenvalue weighted by atomic mass is 79.9. The lowest BCUT2D eigenvalue weighted by Gasteiger charge is -2.04. The van der Waals surface area contributed by atoms with Gasteiger partial charge in [0.1, 0.15) is 11.6 Å².